The highest BCUT2D eigenvalue weighted by Gasteiger charge is 2.23. The van der Waals surface area contributed by atoms with Crippen LogP contribution in [0, 0.1) is 10.1 Å². The first-order valence-corrected chi connectivity index (χ1v) is 8.13. The number of piperazine rings is 1. The van der Waals surface area contributed by atoms with Gasteiger partial charge in [-0.25, -0.2) is 0 Å². The molecule has 1 saturated heterocycles. The number of rotatable bonds is 4. The molecule has 1 fully saturated rings. The summed E-state index contributed by atoms with van der Waals surface area (Å²) < 4.78 is 0. The number of thioether (sulfide) groups is 1. The standard InChI is InChI=1S/C14H19N3O3S/c1-3-15-6-8-16(9-7-15)14(18)11-4-5-13(21-2)12(10-11)17(19)20/h4-5,10H,3,6-9H2,1-2H3. The minimum atomic E-state index is -0.433. The van der Waals surface area contributed by atoms with Crippen molar-refractivity contribution in [1.29, 1.82) is 0 Å². The maximum atomic E-state index is 12.4. The van der Waals surface area contributed by atoms with Crippen molar-refractivity contribution in [3.63, 3.8) is 0 Å². The summed E-state index contributed by atoms with van der Waals surface area (Å²) in [4.78, 5) is 27.7. The molecule has 0 N–H and O–H groups in total. The number of likely N-dealkylation sites (N-methyl/N-ethyl adjacent to an activating group) is 1. The fraction of sp³-hybridized carbons (Fsp3) is 0.500. The minimum absolute atomic E-state index is 0.000504. The summed E-state index contributed by atoms with van der Waals surface area (Å²) in [6, 6.07) is 4.71. The van der Waals surface area contributed by atoms with Gasteiger partial charge in [-0.2, -0.15) is 0 Å². The highest BCUT2D eigenvalue weighted by atomic mass is 32.2. The van der Waals surface area contributed by atoms with E-state index in [9.17, 15) is 14.9 Å². The summed E-state index contributed by atoms with van der Waals surface area (Å²) >= 11 is 1.31. The fourth-order valence-electron chi connectivity index (χ4n) is 2.42. The van der Waals surface area contributed by atoms with E-state index in [2.05, 4.69) is 11.8 Å². The van der Waals surface area contributed by atoms with Crippen LogP contribution in [0.4, 0.5) is 5.69 Å². The third-order valence-electron chi connectivity index (χ3n) is 3.73. The second kappa shape index (κ2) is 6.91. The Hall–Kier alpha value is -1.60. The summed E-state index contributed by atoms with van der Waals surface area (Å²) in [6.07, 6.45) is 1.79. The molecule has 21 heavy (non-hydrogen) atoms. The summed E-state index contributed by atoms with van der Waals surface area (Å²) in [7, 11) is 0. The molecule has 0 radical (unpaired) electrons. The highest BCUT2D eigenvalue weighted by Crippen LogP contribution is 2.28. The highest BCUT2D eigenvalue weighted by molar-refractivity contribution is 7.98. The Morgan fingerprint density at radius 3 is 2.52 bits per heavy atom. The lowest BCUT2D eigenvalue weighted by Gasteiger charge is -2.34. The van der Waals surface area contributed by atoms with E-state index < -0.39 is 4.92 Å². The van der Waals surface area contributed by atoms with E-state index in [1.165, 1.54) is 17.8 Å². The molecule has 0 saturated carbocycles. The van der Waals surface area contributed by atoms with Crippen LogP contribution in [-0.4, -0.2) is 59.6 Å². The smallest absolute Gasteiger partial charge is 0.283 e. The molecule has 0 unspecified atom stereocenters. The molecule has 114 valence electrons. The molecule has 1 aliphatic heterocycles. The van der Waals surface area contributed by atoms with Gasteiger partial charge in [0.05, 0.1) is 9.82 Å². The number of hydrogen-bond acceptors (Lipinski definition) is 5. The van der Waals surface area contributed by atoms with Gasteiger partial charge < -0.3 is 9.80 Å². The first-order valence-electron chi connectivity index (χ1n) is 6.91. The van der Waals surface area contributed by atoms with Gasteiger partial charge in [0.25, 0.3) is 11.6 Å². The van der Waals surface area contributed by atoms with E-state index in [-0.39, 0.29) is 11.6 Å². The first-order chi connectivity index (χ1) is 10.1. The number of nitro benzene ring substituents is 1. The lowest BCUT2D eigenvalue weighted by atomic mass is 10.1. The van der Waals surface area contributed by atoms with E-state index in [1.807, 2.05) is 0 Å². The predicted molar refractivity (Wildman–Crippen MR) is 82.9 cm³/mol. The van der Waals surface area contributed by atoms with Crippen LogP contribution in [0.2, 0.25) is 0 Å². The summed E-state index contributed by atoms with van der Waals surface area (Å²) in [5, 5.41) is 11.1. The number of nitro groups is 1. The maximum absolute atomic E-state index is 12.4. The molecule has 0 aliphatic carbocycles. The van der Waals surface area contributed by atoms with Crippen LogP contribution in [0.15, 0.2) is 23.1 Å². The molecular formula is C14H19N3O3S. The van der Waals surface area contributed by atoms with E-state index in [1.54, 1.807) is 23.3 Å². The Balaban J connectivity index is 2.16. The van der Waals surface area contributed by atoms with Crippen LogP contribution in [0.5, 0.6) is 0 Å². The quantitative estimate of drug-likeness (QED) is 0.484. The van der Waals surface area contributed by atoms with Crippen LogP contribution >= 0.6 is 11.8 Å². The molecule has 7 heteroatoms. The topological polar surface area (TPSA) is 66.7 Å². The SMILES string of the molecule is CCN1CCN(C(=O)c2ccc(SC)c([N+](=O)[O-])c2)CC1. The van der Waals surface area contributed by atoms with Gasteiger partial charge in [-0.3, -0.25) is 14.9 Å². The third kappa shape index (κ3) is 3.54. The van der Waals surface area contributed by atoms with Crippen molar-refractivity contribution in [3.05, 3.63) is 33.9 Å². The molecule has 2 rings (SSSR count). The van der Waals surface area contributed by atoms with E-state index in [4.69, 9.17) is 0 Å². The van der Waals surface area contributed by atoms with Crippen molar-refractivity contribution >= 4 is 23.4 Å². The van der Waals surface area contributed by atoms with Crippen LogP contribution < -0.4 is 0 Å². The number of benzene rings is 1. The lowest BCUT2D eigenvalue weighted by molar-refractivity contribution is -0.387. The van der Waals surface area contributed by atoms with Gasteiger partial charge in [0.1, 0.15) is 0 Å². The minimum Gasteiger partial charge on any atom is -0.336 e. The number of nitrogens with zero attached hydrogens (tertiary/aromatic N) is 3. The number of hydrogen-bond donors (Lipinski definition) is 0. The van der Waals surface area contributed by atoms with E-state index in [0.717, 1.165) is 19.6 Å². The van der Waals surface area contributed by atoms with Crippen molar-refractivity contribution in [1.82, 2.24) is 9.80 Å². The molecule has 0 spiro atoms. The molecule has 0 aromatic heterocycles. The molecule has 6 nitrogen and oxygen atoms in total. The second-order valence-corrected chi connectivity index (χ2v) is 5.72. The Bertz CT molecular complexity index is 542. The van der Waals surface area contributed by atoms with Gasteiger partial charge in [-0.15, -0.1) is 11.8 Å². The molecular weight excluding hydrogens is 290 g/mol. The Morgan fingerprint density at radius 2 is 2.00 bits per heavy atom. The second-order valence-electron chi connectivity index (χ2n) is 4.87. The molecule has 0 atom stereocenters. The summed E-state index contributed by atoms with van der Waals surface area (Å²) in [5.41, 5.74) is 0.394. The van der Waals surface area contributed by atoms with Crippen molar-refractivity contribution < 1.29 is 9.72 Å². The van der Waals surface area contributed by atoms with Gasteiger partial charge in [-0.1, -0.05) is 6.92 Å². The van der Waals surface area contributed by atoms with Crippen LogP contribution in [0.25, 0.3) is 0 Å². The molecule has 1 heterocycles. The van der Waals surface area contributed by atoms with E-state index >= 15 is 0 Å². The number of carbonyl (C=O) groups is 1. The Morgan fingerprint density at radius 1 is 1.33 bits per heavy atom. The normalized spacial score (nSPS) is 16.0. The molecule has 0 bridgehead atoms. The lowest BCUT2D eigenvalue weighted by Crippen LogP contribution is -2.48. The molecule has 1 aromatic carbocycles. The number of amides is 1. The Labute approximate surface area is 128 Å². The average molecular weight is 309 g/mol. The largest absolute Gasteiger partial charge is 0.336 e. The summed E-state index contributed by atoms with van der Waals surface area (Å²) in [6.45, 7) is 6.13. The third-order valence-corrected chi connectivity index (χ3v) is 4.51. The zero-order valence-electron chi connectivity index (χ0n) is 12.2. The Kier molecular flexibility index (Phi) is 5.19. The average Bonchev–Trinajstić information content (AvgIpc) is 2.53. The monoisotopic (exact) mass is 309 g/mol. The van der Waals surface area contributed by atoms with Gasteiger partial charge in [0.2, 0.25) is 0 Å². The van der Waals surface area contributed by atoms with Crippen LogP contribution in [0.1, 0.15) is 17.3 Å². The maximum Gasteiger partial charge on any atom is 0.283 e. The number of carbonyl (C=O) groups excluding carboxylic acids is 1. The summed E-state index contributed by atoms with van der Waals surface area (Å²) in [5.74, 6) is -0.124. The molecule has 1 amide bonds. The van der Waals surface area contributed by atoms with E-state index in [0.29, 0.717) is 23.5 Å². The zero-order valence-corrected chi connectivity index (χ0v) is 13.1. The van der Waals surface area contributed by atoms with Crippen molar-refractivity contribution in [2.45, 2.75) is 11.8 Å². The van der Waals surface area contributed by atoms with Crippen molar-refractivity contribution in [3.8, 4) is 0 Å². The van der Waals surface area contributed by atoms with Gasteiger partial charge in [0.15, 0.2) is 0 Å². The van der Waals surface area contributed by atoms with Crippen LogP contribution in [-0.2, 0) is 0 Å². The zero-order chi connectivity index (χ0) is 15.4. The molecule has 1 aliphatic rings. The van der Waals surface area contributed by atoms with Gasteiger partial charge in [-0.05, 0) is 24.9 Å². The predicted octanol–water partition coefficient (Wildman–Crippen LogP) is 2.09. The van der Waals surface area contributed by atoms with Gasteiger partial charge >= 0.3 is 0 Å². The van der Waals surface area contributed by atoms with Crippen LogP contribution in [0.3, 0.4) is 0 Å². The fourth-order valence-corrected chi connectivity index (χ4v) is 2.96. The molecule has 1 aromatic rings. The van der Waals surface area contributed by atoms with Gasteiger partial charge in [0, 0.05) is 37.8 Å². The van der Waals surface area contributed by atoms with Crippen molar-refractivity contribution in [2.24, 2.45) is 0 Å². The first kappa shape index (κ1) is 15.8. The van der Waals surface area contributed by atoms with Crippen molar-refractivity contribution in [2.75, 3.05) is 39.0 Å².